The Morgan fingerprint density at radius 3 is 2.38 bits per heavy atom. The normalized spacial score (nSPS) is 11.6. The number of sulfone groups is 1. The highest BCUT2D eigenvalue weighted by atomic mass is 35.5. The minimum Gasteiger partial charge on any atom is -0.273 e. The molecule has 4 aromatic rings. The molecule has 9 heteroatoms. The number of hydrogen-bond acceptors (Lipinski definition) is 5. The molecule has 1 heterocycles. The van der Waals surface area contributed by atoms with Crippen molar-refractivity contribution in [2.75, 3.05) is 0 Å². The molecule has 0 aliphatic rings. The molecule has 0 unspecified atom stereocenters. The van der Waals surface area contributed by atoms with Gasteiger partial charge in [-0.2, -0.15) is 0 Å². The van der Waals surface area contributed by atoms with E-state index in [-0.39, 0.29) is 22.2 Å². The van der Waals surface area contributed by atoms with Gasteiger partial charge >= 0.3 is 0 Å². The van der Waals surface area contributed by atoms with E-state index >= 15 is 0 Å². The van der Waals surface area contributed by atoms with Gasteiger partial charge in [0.25, 0.3) is 0 Å². The van der Waals surface area contributed by atoms with E-state index in [1.54, 1.807) is 41.0 Å². The third-order valence-electron chi connectivity index (χ3n) is 4.82. The Morgan fingerprint density at radius 2 is 1.69 bits per heavy atom. The Labute approximate surface area is 195 Å². The van der Waals surface area contributed by atoms with Crippen molar-refractivity contribution in [1.82, 2.24) is 14.8 Å². The number of hydrogen-bond donors (Lipinski definition) is 0. The van der Waals surface area contributed by atoms with Crippen LogP contribution in [0.2, 0.25) is 5.02 Å². The summed E-state index contributed by atoms with van der Waals surface area (Å²) in [5, 5.41) is 9.14. The smallest absolute Gasteiger partial charge is 0.196 e. The first kappa shape index (κ1) is 22.5. The van der Waals surface area contributed by atoms with Crippen LogP contribution < -0.4 is 0 Å². The predicted molar refractivity (Wildman–Crippen MR) is 124 cm³/mol. The molecule has 0 fully saturated rings. The Morgan fingerprint density at radius 1 is 0.969 bits per heavy atom. The molecule has 0 aliphatic heterocycles. The van der Waals surface area contributed by atoms with Crippen LogP contribution in [0.5, 0.6) is 0 Å². The second kappa shape index (κ2) is 9.44. The van der Waals surface area contributed by atoms with Crippen molar-refractivity contribution >= 4 is 33.2 Å². The molecular formula is C23H19ClFN3O2S2. The monoisotopic (exact) mass is 487 g/mol. The molecule has 0 radical (unpaired) electrons. The molecule has 0 bridgehead atoms. The van der Waals surface area contributed by atoms with Gasteiger partial charge in [0.1, 0.15) is 11.6 Å². The number of aryl methyl sites for hydroxylation is 1. The molecule has 0 saturated heterocycles. The molecular weight excluding hydrogens is 469 g/mol. The molecule has 5 nitrogen and oxygen atoms in total. The van der Waals surface area contributed by atoms with Crippen molar-refractivity contribution < 1.29 is 12.8 Å². The Hall–Kier alpha value is -2.68. The fraction of sp³-hybridized carbons (Fsp3) is 0.130. The third kappa shape index (κ3) is 4.87. The Bertz CT molecular complexity index is 1320. The molecule has 0 amide bonds. The van der Waals surface area contributed by atoms with Crippen LogP contribution in [0.15, 0.2) is 82.8 Å². The van der Waals surface area contributed by atoms with E-state index in [0.29, 0.717) is 21.4 Å². The fourth-order valence-electron chi connectivity index (χ4n) is 3.13. The maximum Gasteiger partial charge on any atom is 0.196 e. The van der Waals surface area contributed by atoms with Crippen LogP contribution in [-0.4, -0.2) is 23.2 Å². The van der Waals surface area contributed by atoms with Gasteiger partial charge in [-0.15, -0.1) is 10.2 Å². The summed E-state index contributed by atoms with van der Waals surface area (Å²) in [6.07, 6.45) is 0. The lowest BCUT2D eigenvalue weighted by atomic mass is 10.2. The zero-order valence-electron chi connectivity index (χ0n) is 17.1. The van der Waals surface area contributed by atoms with E-state index in [9.17, 15) is 12.8 Å². The number of para-hydroxylation sites is 1. The van der Waals surface area contributed by atoms with Crippen molar-refractivity contribution in [3.05, 3.63) is 101 Å². The second-order valence-electron chi connectivity index (χ2n) is 7.13. The maximum atomic E-state index is 14.2. The van der Waals surface area contributed by atoms with Crippen molar-refractivity contribution in [3.8, 4) is 5.69 Å². The van der Waals surface area contributed by atoms with Crippen molar-refractivity contribution in [2.45, 2.75) is 28.5 Å². The van der Waals surface area contributed by atoms with Gasteiger partial charge in [-0.3, -0.25) is 4.57 Å². The van der Waals surface area contributed by atoms with Crippen LogP contribution in [0.1, 0.15) is 17.0 Å². The highest BCUT2D eigenvalue weighted by Gasteiger charge is 2.23. The van der Waals surface area contributed by atoms with Crippen LogP contribution in [0.4, 0.5) is 4.39 Å². The van der Waals surface area contributed by atoms with Gasteiger partial charge in [-0.25, -0.2) is 12.8 Å². The number of benzene rings is 3. The number of rotatable bonds is 7. The van der Waals surface area contributed by atoms with E-state index < -0.39 is 15.7 Å². The second-order valence-corrected chi connectivity index (χ2v) is 10.5. The summed E-state index contributed by atoms with van der Waals surface area (Å²) in [7, 11) is -3.64. The van der Waals surface area contributed by atoms with Crippen molar-refractivity contribution in [1.29, 1.82) is 0 Å². The fourth-order valence-corrected chi connectivity index (χ4v) is 5.69. The first-order chi connectivity index (χ1) is 15.3. The first-order valence-electron chi connectivity index (χ1n) is 9.70. The quantitative estimate of drug-likeness (QED) is 0.316. The molecule has 0 N–H and O–H groups in total. The summed E-state index contributed by atoms with van der Waals surface area (Å²) in [4.78, 5) is 0.220. The lowest BCUT2D eigenvalue weighted by Crippen LogP contribution is -2.11. The molecule has 0 saturated carbocycles. The van der Waals surface area contributed by atoms with Crippen LogP contribution in [0.3, 0.4) is 0 Å². The predicted octanol–water partition coefficient (Wildman–Crippen LogP) is 5.63. The van der Waals surface area contributed by atoms with Crippen LogP contribution in [0, 0.1) is 12.7 Å². The van der Waals surface area contributed by atoms with Gasteiger partial charge < -0.3 is 0 Å². The lowest BCUT2D eigenvalue weighted by Gasteiger charge is -2.11. The lowest BCUT2D eigenvalue weighted by molar-refractivity contribution is 0.593. The summed E-state index contributed by atoms with van der Waals surface area (Å²) < 4.78 is 41.9. The topological polar surface area (TPSA) is 64.8 Å². The van der Waals surface area contributed by atoms with E-state index in [4.69, 9.17) is 11.6 Å². The number of thioether (sulfide) groups is 1. The van der Waals surface area contributed by atoms with E-state index in [0.717, 1.165) is 5.56 Å². The minimum absolute atomic E-state index is 0.220. The standard InChI is InChI=1S/C23H19ClFN3O2S2/c1-16-10-12-18(13-11-16)32(29,30)15-22-26-27-23(28(22)17-6-3-2-4-7-17)31-14-19-20(24)8-5-9-21(19)25/h2-13H,14-15H2,1H3. The molecule has 164 valence electrons. The average molecular weight is 488 g/mol. The minimum atomic E-state index is -3.64. The summed E-state index contributed by atoms with van der Waals surface area (Å²) in [5.41, 5.74) is 2.05. The van der Waals surface area contributed by atoms with Gasteiger partial charge in [-0.1, -0.05) is 65.3 Å². The number of halogens is 2. The molecule has 4 rings (SSSR count). The van der Waals surface area contributed by atoms with Crippen LogP contribution in [0.25, 0.3) is 5.69 Å². The SMILES string of the molecule is Cc1ccc(S(=O)(=O)Cc2nnc(SCc3c(F)cccc3Cl)n2-c2ccccc2)cc1. The van der Waals surface area contributed by atoms with E-state index in [1.165, 1.54) is 17.8 Å². The number of aromatic nitrogens is 3. The number of nitrogens with zero attached hydrogens (tertiary/aromatic N) is 3. The molecule has 1 aromatic heterocycles. The molecule has 0 aliphatic carbocycles. The largest absolute Gasteiger partial charge is 0.273 e. The maximum absolute atomic E-state index is 14.2. The summed E-state index contributed by atoms with van der Waals surface area (Å²) in [5.74, 6) is -0.225. The Balaban J connectivity index is 1.69. The van der Waals surface area contributed by atoms with Gasteiger partial charge in [0.2, 0.25) is 0 Å². The van der Waals surface area contributed by atoms with Gasteiger partial charge in [0.05, 0.1) is 4.90 Å². The first-order valence-corrected chi connectivity index (χ1v) is 12.7. The van der Waals surface area contributed by atoms with Crippen molar-refractivity contribution in [3.63, 3.8) is 0 Å². The summed E-state index contributed by atoms with van der Waals surface area (Å²) in [6.45, 7) is 1.90. The van der Waals surface area contributed by atoms with Crippen LogP contribution >= 0.6 is 23.4 Å². The van der Waals surface area contributed by atoms with Crippen LogP contribution in [-0.2, 0) is 21.3 Å². The van der Waals surface area contributed by atoms with Crippen molar-refractivity contribution in [2.24, 2.45) is 0 Å². The zero-order valence-corrected chi connectivity index (χ0v) is 19.5. The molecule has 0 atom stereocenters. The summed E-state index contributed by atoms with van der Waals surface area (Å²) in [6, 6.07) is 20.4. The molecule has 3 aromatic carbocycles. The van der Waals surface area contributed by atoms with Gasteiger partial charge in [0, 0.05) is 22.0 Å². The zero-order chi connectivity index (χ0) is 22.7. The molecule has 0 spiro atoms. The highest BCUT2D eigenvalue weighted by molar-refractivity contribution is 7.98. The average Bonchev–Trinajstić information content (AvgIpc) is 3.16. The third-order valence-corrected chi connectivity index (χ3v) is 7.76. The van der Waals surface area contributed by atoms with Gasteiger partial charge in [0.15, 0.2) is 20.8 Å². The molecule has 32 heavy (non-hydrogen) atoms. The van der Waals surface area contributed by atoms with Gasteiger partial charge in [-0.05, 0) is 43.3 Å². The summed E-state index contributed by atoms with van der Waals surface area (Å²) >= 11 is 7.39. The Kier molecular flexibility index (Phi) is 6.64. The van der Waals surface area contributed by atoms with E-state index in [1.807, 2.05) is 37.3 Å². The van der Waals surface area contributed by atoms with E-state index in [2.05, 4.69) is 10.2 Å². The highest BCUT2D eigenvalue weighted by Crippen LogP contribution is 2.30.